The van der Waals surface area contributed by atoms with E-state index in [9.17, 15) is 9.18 Å². The van der Waals surface area contributed by atoms with Gasteiger partial charge in [0.25, 0.3) is 0 Å². The standard InChI is InChI=1S/C19H15FN6O2/c1-2-28-19(27)26-18-23-15-8-13(12-5-7-22-10-14(12)20)16(24-17(15)25-18)11-4-3-6-21-9-11/h3-10H,2H2,1H3,(H2,23,24,25,26,27). The molecule has 0 bridgehead atoms. The maximum absolute atomic E-state index is 14.4. The van der Waals surface area contributed by atoms with Gasteiger partial charge in [0, 0.05) is 35.3 Å². The lowest BCUT2D eigenvalue weighted by atomic mass is 10.0. The molecule has 4 rings (SSSR count). The number of anilines is 1. The van der Waals surface area contributed by atoms with Crippen molar-refractivity contribution in [3.63, 3.8) is 0 Å². The van der Waals surface area contributed by atoms with Crippen molar-refractivity contribution >= 4 is 23.2 Å². The number of nitrogens with one attached hydrogen (secondary N) is 2. The van der Waals surface area contributed by atoms with Crippen LogP contribution < -0.4 is 5.32 Å². The lowest BCUT2D eigenvalue weighted by molar-refractivity contribution is 0.167. The summed E-state index contributed by atoms with van der Waals surface area (Å²) >= 11 is 0. The van der Waals surface area contributed by atoms with E-state index in [0.29, 0.717) is 33.5 Å². The van der Waals surface area contributed by atoms with E-state index in [0.717, 1.165) is 6.20 Å². The first-order valence-corrected chi connectivity index (χ1v) is 8.50. The Balaban J connectivity index is 1.88. The number of nitrogens with zero attached hydrogens (tertiary/aromatic N) is 4. The summed E-state index contributed by atoms with van der Waals surface area (Å²) in [6.45, 7) is 1.94. The molecule has 0 unspecified atom stereocenters. The summed E-state index contributed by atoms with van der Waals surface area (Å²) in [5.74, 6) is -0.288. The normalized spacial score (nSPS) is 10.8. The summed E-state index contributed by atoms with van der Waals surface area (Å²) in [5.41, 5.74) is 3.01. The number of ether oxygens (including phenoxy) is 1. The van der Waals surface area contributed by atoms with Gasteiger partial charge in [-0.25, -0.2) is 14.2 Å². The highest BCUT2D eigenvalue weighted by molar-refractivity contribution is 5.91. The largest absolute Gasteiger partial charge is 0.450 e. The Labute approximate surface area is 158 Å². The molecule has 140 valence electrons. The van der Waals surface area contributed by atoms with Crippen LogP contribution in [0.2, 0.25) is 0 Å². The highest BCUT2D eigenvalue weighted by atomic mass is 19.1. The van der Waals surface area contributed by atoms with Crippen molar-refractivity contribution in [3.05, 3.63) is 54.9 Å². The van der Waals surface area contributed by atoms with Gasteiger partial charge in [-0.1, -0.05) is 0 Å². The van der Waals surface area contributed by atoms with E-state index in [4.69, 9.17) is 4.74 Å². The molecule has 0 fully saturated rings. The summed E-state index contributed by atoms with van der Waals surface area (Å²) in [4.78, 5) is 31.4. The van der Waals surface area contributed by atoms with E-state index in [2.05, 4.69) is 30.2 Å². The van der Waals surface area contributed by atoms with Gasteiger partial charge in [0.05, 0.1) is 24.0 Å². The quantitative estimate of drug-likeness (QED) is 0.560. The second-order valence-corrected chi connectivity index (χ2v) is 5.78. The van der Waals surface area contributed by atoms with Crippen LogP contribution in [0.3, 0.4) is 0 Å². The molecule has 0 aliphatic rings. The number of amides is 1. The lowest BCUT2D eigenvalue weighted by Crippen LogP contribution is -2.14. The molecular weight excluding hydrogens is 363 g/mol. The molecule has 0 spiro atoms. The third-order valence-corrected chi connectivity index (χ3v) is 3.97. The summed E-state index contributed by atoms with van der Waals surface area (Å²) in [6, 6.07) is 6.90. The molecule has 9 heteroatoms. The predicted octanol–water partition coefficient (Wildman–Crippen LogP) is 3.79. The molecule has 0 saturated carbocycles. The topological polar surface area (TPSA) is 106 Å². The van der Waals surface area contributed by atoms with E-state index < -0.39 is 11.9 Å². The molecule has 4 aromatic heterocycles. The molecule has 28 heavy (non-hydrogen) atoms. The van der Waals surface area contributed by atoms with Gasteiger partial charge in [0.15, 0.2) is 5.65 Å². The summed E-state index contributed by atoms with van der Waals surface area (Å²) < 4.78 is 19.3. The van der Waals surface area contributed by atoms with Crippen molar-refractivity contribution in [2.24, 2.45) is 0 Å². The number of halogens is 1. The number of carbonyl (C=O) groups is 1. The number of rotatable bonds is 4. The Hall–Kier alpha value is -3.88. The maximum atomic E-state index is 14.4. The summed E-state index contributed by atoms with van der Waals surface area (Å²) in [7, 11) is 0. The fraction of sp³-hybridized carbons (Fsp3) is 0.105. The van der Waals surface area contributed by atoms with Crippen LogP contribution in [0.15, 0.2) is 49.1 Å². The van der Waals surface area contributed by atoms with E-state index in [1.807, 2.05) is 6.07 Å². The van der Waals surface area contributed by atoms with Gasteiger partial charge in [-0.05, 0) is 31.2 Å². The molecule has 0 aromatic carbocycles. The van der Waals surface area contributed by atoms with Crippen LogP contribution in [0.5, 0.6) is 0 Å². The Kier molecular flexibility index (Phi) is 4.63. The number of carbonyl (C=O) groups excluding carboxylic acids is 1. The second-order valence-electron chi connectivity index (χ2n) is 5.78. The van der Waals surface area contributed by atoms with Gasteiger partial charge >= 0.3 is 6.09 Å². The average Bonchev–Trinajstić information content (AvgIpc) is 3.09. The number of pyridine rings is 3. The number of fused-ring (bicyclic) bond motifs is 1. The molecule has 0 saturated heterocycles. The smallest absolute Gasteiger partial charge is 0.413 e. The minimum absolute atomic E-state index is 0.186. The molecule has 0 aliphatic carbocycles. The lowest BCUT2D eigenvalue weighted by Gasteiger charge is -2.09. The van der Waals surface area contributed by atoms with E-state index in [-0.39, 0.29) is 12.6 Å². The monoisotopic (exact) mass is 378 g/mol. The number of aromatic nitrogens is 5. The van der Waals surface area contributed by atoms with E-state index in [1.54, 1.807) is 37.5 Å². The van der Waals surface area contributed by atoms with Gasteiger partial charge in [-0.2, -0.15) is 4.98 Å². The van der Waals surface area contributed by atoms with Crippen LogP contribution in [-0.4, -0.2) is 37.6 Å². The first kappa shape index (κ1) is 17.5. The Bertz CT molecular complexity index is 1150. The fourth-order valence-corrected chi connectivity index (χ4v) is 2.79. The third kappa shape index (κ3) is 3.37. The Morgan fingerprint density at radius 1 is 1.18 bits per heavy atom. The molecule has 2 N–H and O–H groups in total. The fourth-order valence-electron chi connectivity index (χ4n) is 2.79. The van der Waals surface area contributed by atoms with Gasteiger partial charge in [0.2, 0.25) is 5.95 Å². The number of hydrogen-bond acceptors (Lipinski definition) is 6. The minimum Gasteiger partial charge on any atom is -0.450 e. The molecule has 0 radical (unpaired) electrons. The van der Waals surface area contributed by atoms with Crippen LogP contribution in [0, 0.1) is 5.82 Å². The SMILES string of the molecule is CCOC(=O)Nc1nc2nc(-c3cccnc3)c(-c3ccncc3F)cc2[nH]1. The summed E-state index contributed by atoms with van der Waals surface area (Å²) in [5, 5.41) is 2.50. The zero-order valence-corrected chi connectivity index (χ0v) is 14.8. The maximum Gasteiger partial charge on any atom is 0.413 e. The highest BCUT2D eigenvalue weighted by Gasteiger charge is 2.17. The molecule has 0 aliphatic heterocycles. The molecule has 1 amide bonds. The zero-order valence-electron chi connectivity index (χ0n) is 14.8. The van der Waals surface area contributed by atoms with Gasteiger partial charge in [-0.15, -0.1) is 0 Å². The molecule has 4 heterocycles. The van der Waals surface area contributed by atoms with Gasteiger partial charge in [0.1, 0.15) is 5.82 Å². The molecule has 4 aromatic rings. The van der Waals surface area contributed by atoms with Crippen molar-refractivity contribution in [3.8, 4) is 22.4 Å². The molecular formula is C19H15FN6O2. The zero-order chi connectivity index (χ0) is 19.5. The van der Waals surface area contributed by atoms with Crippen LogP contribution in [0.1, 0.15) is 6.92 Å². The Morgan fingerprint density at radius 2 is 2.04 bits per heavy atom. The van der Waals surface area contributed by atoms with E-state index in [1.165, 1.54) is 6.20 Å². The molecule has 8 nitrogen and oxygen atoms in total. The van der Waals surface area contributed by atoms with Gasteiger partial charge in [-0.3, -0.25) is 15.3 Å². The minimum atomic E-state index is -0.630. The second kappa shape index (κ2) is 7.39. The van der Waals surface area contributed by atoms with Crippen LogP contribution in [-0.2, 0) is 4.74 Å². The number of hydrogen-bond donors (Lipinski definition) is 2. The van der Waals surface area contributed by atoms with Crippen molar-refractivity contribution in [2.45, 2.75) is 6.92 Å². The average molecular weight is 378 g/mol. The number of imidazole rings is 1. The van der Waals surface area contributed by atoms with Crippen LogP contribution in [0.4, 0.5) is 15.1 Å². The highest BCUT2D eigenvalue weighted by Crippen LogP contribution is 2.33. The summed E-state index contributed by atoms with van der Waals surface area (Å²) in [6.07, 6.45) is 5.31. The van der Waals surface area contributed by atoms with Crippen LogP contribution >= 0.6 is 0 Å². The Morgan fingerprint density at radius 3 is 2.79 bits per heavy atom. The molecule has 0 atom stereocenters. The van der Waals surface area contributed by atoms with Crippen molar-refractivity contribution in [1.29, 1.82) is 0 Å². The van der Waals surface area contributed by atoms with Crippen molar-refractivity contribution in [2.75, 3.05) is 11.9 Å². The first-order valence-electron chi connectivity index (χ1n) is 8.50. The number of H-pyrrole nitrogens is 1. The predicted molar refractivity (Wildman–Crippen MR) is 101 cm³/mol. The van der Waals surface area contributed by atoms with Crippen molar-refractivity contribution < 1.29 is 13.9 Å². The van der Waals surface area contributed by atoms with Crippen molar-refractivity contribution in [1.82, 2.24) is 24.9 Å². The first-order chi connectivity index (χ1) is 13.7. The van der Waals surface area contributed by atoms with Gasteiger partial charge < -0.3 is 9.72 Å². The van der Waals surface area contributed by atoms with Crippen LogP contribution in [0.25, 0.3) is 33.5 Å². The van der Waals surface area contributed by atoms with E-state index >= 15 is 0 Å². The number of aromatic amines is 1. The third-order valence-electron chi connectivity index (χ3n) is 3.97.